The Bertz CT molecular complexity index is 1010. The van der Waals surface area contributed by atoms with E-state index in [2.05, 4.69) is 20.5 Å². The molecule has 1 aliphatic heterocycles. The first-order valence-electron chi connectivity index (χ1n) is 10.2. The van der Waals surface area contributed by atoms with Crippen LogP contribution in [-0.2, 0) is 13.1 Å². The standard InChI is InChI=1S/C23H29N3O4/c1-28-20-13-22(30-3)21(29-2)12-18(20)15-25-10-6-23(27,7-11-25)16-26-9-5-17-4-8-24-14-19(17)26/h4-5,8-9,12-14,27H,6-7,10-11,15-16H2,1-3H3. The van der Waals surface area contributed by atoms with E-state index in [-0.39, 0.29) is 0 Å². The van der Waals surface area contributed by atoms with E-state index in [9.17, 15) is 5.11 Å². The van der Waals surface area contributed by atoms with Crippen LogP contribution in [-0.4, -0.2) is 59.6 Å². The minimum Gasteiger partial charge on any atom is -0.496 e. The van der Waals surface area contributed by atoms with Crippen molar-refractivity contribution in [3.05, 3.63) is 48.4 Å². The van der Waals surface area contributed by atoms with E-state index >= 15 is 0 Å². The zero-order valence-corrected chi connectivity index (χ0v) is 17.8. The number of benzene rings is 1. The van der Waals surface area contributed by atoms with E-state index in [1.54, 1.807) is 27.5 Å². The second-order valence-electron chi connectivity index (χ2n) is 7.90. The quantitative estimate of drug-likeness (QED) is 0.644. The zero-order valence-electron chi connectivity index (χ0n) is 17.8. The van der Waals surface area contributed by atoms with Gasteiger partial charge in [-0.2, -0.15) is 0 Å². The molecule has 0 unspecified atom stereocenters. The lowest BCUT2D eigenvalue weighted by Gasteiger charge is -2.38. The van der Waals surface area contributed by atoms with Crippen molar-refractivity contribution in [1.29, 1.82) is 0 Å². The molecule has 1 N–H and O–H groups in total. The Morgan fingerprint density at radius 1 is 1.00 bits per heavy atom. The lowest BCUT2D eigenvalue weighted by Crippen LogP contribution is -2.46. The number of likely N-dealkylation sites (tertiary alicyclic amines) is 1. The highest BCUT2D eigenvalue weighted by molar-refractivity contribution is 5.78. The molecule has 1 aliphatic rings. The van der Waals surface area contributed by atoms with Crippen LogP contribution in [0.3, 0.4) is 0 Å². The highest BCUT2D eigenvalue weighted by Crippen LogP contribution is 2.36. The minimum absolute atomic E-state index is 0.579. The van der Waals surface area contributed by atoms with E-state index in [1.807, 2.05) is 30.6 Å². The van der Waals surface area contributed by atoms with Gasteiger partial charge in [-0.3, -0.25) is 9.88 Å². The van der Waals surface area contributed by atoms with Crippen LogP contribution >= 0.6 is 0 Å². The summed E-state index contributed by atoms with van der Waals surface area (Å²) in [4.78, 5) is 6.56. The normalized spacial score (nSPS) is 16.5. The van der Waals surface area contributed by atoms with Crippen molar-refractivity contribution in [3.8, 4) is 17.2 Å². The Morgan fingerprint density at radius 2 is 1.70 bits per heavy atom. The van der Waals surface area contributed by atoms with Crippen LogP contribution in [0.4, 0.5) is 0 Å². The molecule has 1 fully saturated rings. The summed E-state index contributed by atoms with van der Waals surface area (Å²) in [6, 6.07) is 7.89. The van der Waals surface area contributed by atoms with Crippen molar-refractivity contribution >= 4 is 10.9 Å². The smallest absolute Gasteiger partial charge is 0.164 e. The van der Waals surface area contributed by atoms with Crippen LogP contribution in [0.1, 0.15) is 18.4 Å². The summed E-state index contributed by atoms with van der Waals surface area (Å²) < 4.78 is 18.5. The minimum atomic E-state index is -0.722. The van der Waals surface area contributed by atoms with E-state index in [1.165, 1.54) is 0 Å². The van der Waals surface area contributed by atoms with Gasteiger partial charge in [0.1, 0.15) is 5.75 Å². The first-order valence-corrected chi connectivity index (χ1v) is 10.2. The van der Waals surface area contributed by atoms with Gasteiger partial charge in [-0.1, -0.05) is 0 Å². The van der Waals surface area contributed by atoms with Gasteiger partial charge in [0.05, 0.1) is 45.2 Å². The maximum atomic E-state index is 11.2. The van der Waals surface area contributed by atoms with Gasteiger partial charge in [0, 0.05) is 49.0 Å². The topological polar surface area (TPSA) is 69.0 Å². The van der Waals surface area contributed by atoms with Crippen molar-refractivity contribution < 1.29 is 19.3 Å². The van der Waals surface area contributed by atoms with Crippen LogP contribution in [0.15, 0.2) is 42.9 Å². The Kier molecular flexibility index (Phi) is 5.83. The fraction of sp³-hybridized carbons (Fsp3) is 0.435. The molecule has 0 saturated carbocycles. The maximum Gasteiger partial charge on any atom is 0.164 e. The van der Waals surface area contributed by atoms with E-state index in [4.69, 9.17) is 14.2 Å². The predicted octanol–water partition coefficient (Wildman–Crippen LogP) is 3.09. The molecule has 7 nitrogen and oxygen atoms in total. The molecule has 0 amide bonds. The highest BCUT2D eigenvalue weighted by Gasteiger charge is 2.33. The number of pyridine rings is 1. The average molecular weight is 412 g/mol. The zero-order chi connectivity index (χ0) is 21.1. The van der Waals surface area contributed by atoms with Gasteiger partial charge in [-0.25, -0.2) is 0 Å². The van der Waals surface area contributed by atoms with Gasteiger partial charge in [-0.15, -0.1) is 0 Å². The number of fused-ring (bicyclic) bond motifs is 1. The molecule has 30 heavy (non-hydrogen) atoms. The molecule has 2 aromatic heterocycles. The highest BCUT2D eigenvalue weighted by atomic mass is 16.5. The van der Waals surface area contributed by atoms with Crippen LogP contribution in [0.2, 0.25) is 0 Å². The van der Waals surface area contributed by atoms with Gasteiger partial charge >= 0.3 is 0 Å². The largest absolute Gasteiger partial charge is 0.496 e. The number of aliphatic hydroxyl groups is 1. The second-order valence-corrected chi connectivity index (χ2v) is 7.90. The number of aromatic nitrogens is 2. The number of piperidine rings is 1. The monoisotopic (exact) mass is 411 g/mol. The third kappa shape index (κ3) is 4.08. The molecule has 1 aromatic carbocycles. The Balaban J connectivity index is 1.43. The summed E-state index contributed by atoms with van der Waals surface area (Å²) in [7, 11) is 4.91. The van der Waals surface area contributed by atoms with Crippen molar-refractivity contribution in [2.45, 2.75) is 31.5 Å². The van der Waals surface area contributed by atoms with Crippen molar-refractivity contribution in [1.82, 2.24) is 14.5 Å². The number of methoxy groups -OCH3 is 3. The summed E-state index contributed by atoms with van der Waals surface area (Å²) in [6.07, 6.45) is 7.11. The predicted molar refractivity (Wildman–Crippen MR) is 115 cm³/mol. The molecule has 0 bridgehead atoms. The third-order valence-electron chi connectivity index (χ3n) is 6.01. The van der Waals surface area contributed by atoms with Crippen molar-refractivity contribution in [2.24, 2.45) is 0 Å². The number of hydrogen-bond acceptors (Lipinski definition) is 6. The summed E-state index contributed by atoms with van der Waals surface area (Å²) in [5.74, 6) is 2.12. The SMILES string of the molecule is COc1cc(OC)c(OC)cc1CN1CCC(O)(Cn2ccc3ccncc32)CC1. The number of hydrogen-bond donors (Lipinski definition) is 1. The van der Waals surface area contributed by atoms with Crippen LogP contribution in [0, 0.1) is 0 Å². The molecule has 1 saturated heterocycles. The molecule has 3 aromatic rings. The summed E-state index contributed by atoms with van der Waals surface area (Å²) in [5, 5.41) is 12.4. The van der Waals surface area contributed by atoms with Crippen LogP contribution in [0.25, 0.3) is 10.9 Å². The lowest BCUT2D eigenvalue weighted by molar-refractivity contribution is -0.0350. The van der Waals surface area contributed by atoms with Crippen LogP contribution in [0.5, 0.6) is 17.2 Å². The molecule has 7 heteroatoms. The van der Waals surface area contributed by atoms with Gasteiger partial charge < -0.3 is 23.9 Å². The first-order chi connectivity index (χ1) is 14.5. The van der Waals surface area contributed by atoms with E-state index < -0.39 is 5.60 Å². The average Bonchev–Trinajstić information content (AvgIpc) is 3.17. The third-order valence-corrected chi connectivity index (χ3v) is 6.01. The molecule has 0 atom stereocenters. The Labute approximate surface area is 176 Å². The van der Waals surface area contributed by atoms with E-state index in [0.29, 0.717) is 30.9 Å². The summed E-state index contributed by atoms with van der Waals surface area (Å²) in [5.41, 5.74) is 1.38. The van der Waals surface area contributed by atoms with Gasteiger partial charge in [-0.05, 0) is 31.0 Å². The number of ether oxygens (including phenoxy) is 3. The van der Waals surface area contributed by atoms with Gasteiger partial charge in [0.25, 0.3) is 0 Å². The molecular weight excluding hydrogens is 382 g/mol. The summed E-state index contributed by atoms with van der Waals surface area (Å²) in [6.45, 7) is 2.93. The molecule has 160 valence electrons. The molecule has 0 aliphatic carbocycles. The van der Waals surface area contributed by atoms with Gasteiger partial charge in [0.15, 0.2) is 11.5 Å². The van der Waals surface area contributed by atoms with Gasteiger partial charge in [0.2, 0.25) is 0 Å². The molecule has 3 heterocycles. The fourth-order valence-corrected chi connectivity index (χ4v) is 4.23. The molecule has 0 radical (unpaired) electrons. The van der Waals surface area contributed by atoms with Crippen molar-refractivity contribution in [2.75, 3.05) is 34.4 Å². The first kappa shape index (κ1) is 20.5. The second kappa shape index (κ2) is 8.53. The lowest BCUT2D eigenvalue weighted by atomic mass is 9.91. The fourth-order valence-electron chi connectivity index (χ4n) is 4.23. The molecule has 0 spiro atoms. The maximum absolute atomic E-state index is 11.2. The number of nitrogens with zero attached hydrogens (tertiary/aromatic N) is 3. The Morgan fingerprint density at radius 3 is 2.40 bits per heavy atom. The van der Waals surface area contributed by atoms with Crippen LogP contribution < -0.4 is 14.2 Å². The van der Waals surface area contributed by atoms with Crippen molar-refractivity contribution in [3.63, 3.8) is 0 Å². The molecular formula is C23H29N3O4. The summed E-state index contributed by atoms with van der Waals surface area (Å²) >= 11 is 0. The van der Waals surface area contributed by atoms with E-state index in [0.717, 1.165) is 41.9 Å². The Hall–Kier alpha value is -2.77. The molecule has 4 rings (SSSR count). The number of rotatable bonds is 7.